The molecule has 1 rings (SSSR count). The molecule has 0 saturated heterocycles. The molecule has 1 aromatic rings. The molecule has 0 atom stereocenters. The molecular weight excluding hydrogens is 171 g/mol. The van der Waals surface area contributed by atoms with E-state index in [4.69, 9.17) is 23.2 Å². The van der Waals surface area contributed by atoms with E-state index in [2.05, 4.69) is 11.8 Å². The second-order valence-corrected chi connectivity index (χ2v) is 2.51. The largest absolute Gasteiger partial charge is 0.487 e. The summed E-state index contributed by atoms with van der Waals surface area (Å²) in [6.45, 7) is 0. The van der Waals surface area contributed by atoms with E-state index >= 15 is 0 Å². The van der Waals surface area contributed by atoms with Gasteiger partial charge in [-0.1, -0.05) is 29.3 Å². The number of ether oxygens (including phenoxy) is 1. The minimum Gasteiger partial charge on any atom is -0.487 e. The van der Waals surface area contributed by atoms with Crippen LogP contribution in [0.1, 0.15) is 0 Å². The third-order valence-corrected chi connectivity index (χ3v) is 1.66. The van der Waals surface area contributed by atoms with Gasteiger partial charge in [-0.15, -0.1) is 0 Å². The summed E-state index contributed by atoms with van der Waals surface area (Å²) < 4.78 is 4.66. The van der Waals surface area contributed by atoms with Crippen molar-refractivity contribution in [3.63, 3.8) is 0 Å². The Balaban J connectivity index is 3.17. The highest BCUT2D eigenvalue weighted by molar-refractivity contribution is 6.37. The van der Waals surface area contributed by atoms with Gasteiger partial charge in [0.25, 0.3) is 0 Å². The van der Waals surface area contributed by atoms with Crippen LogP contribution in [-0.4, -0.2) is 0 Å². The standard InChI is InChI=1S/C7H5Cl2O/c1-10-7-5(8)3-2-4-6(7)9/h2-4H,1H2. The molecule has 53 valence electrons. The zero-order valence-corrected chi connectivity index (χ0v) is 6.62. The van der Waals surface area contributed by atoms with Gasteiger partial charge in [0, 0.05) is 0 Å². The Labute approximate surface area is 69.5 Å². The van der Waals surface area contributed by atoms with Gasteiger partial charge in [-0.2, -0.15) is 0 Å². The van der Waals surface area contributed by atoms with Crippen molar-refractivity contribution in [1.29, 1.82) is 0 Å². The van der Waals surface area contributed by atoms with Gasteiger partial charge in [-0.05, 0) is 12.1 Å². The second-order valence-electron chi connectivity index (χ2n) is 1.70. The Hall–Kier alpha value is -0.400. The molecule has 0 heterocycles. The van der Waals surface area contributed by atoms with Crippen molar-refractivity contribution in [2.75, 3.05) is 0 Å². The first-order chi connectivity index (χ1) is 4.75. The summed E-state index contributed by atoms with van der Waals surface area (Å²) in [6, 6.07) is 5.12. The quantitative estimate of drug-likeness (QED) is 0.638. The number of hydrogen-bond donors (Lipinski definition) is 0. The predicted molar refractivity (Wildman–Crippen MR) is 42.4 cm³/mol. The Morgan fingerprint density at radius 1 is 1.20 bits per heavy atom. The molecule has 10 heavy (non-hydrogen) atoms. The van der Waals surface area contributed by atoms with Crippen LogP contribution in [0.15, 0.2) is 18.2 Å². The summed E-state index contributed by atoms with van der Waals surface area (Å²) in [6.07, 6.45) is 0. The molecular formula is C7H5Cl2O. The molecule has 0 aliphatic carbocycles. The third kappa shape index (κ3) is 1.36. The van der Waals surface area contributed by atoms with E-state index in [1.165, 1.54) is 0 Å². The van der Waals surface area contributed by atoms with E-state index in [0.29, 0.717) is 15.8 Å². The molecule has 1 aromatic carbocycles. The highest BCUT2D eigenvalue weighted by Crippen LogP contribution is 2.31. The highest BCUT2D eigenvalue weighted by atomic mass is 35.5. The molecule has 0 fully saturated rings. The van der Waals surface area contributed by atoms with Crippen molar-refractivity contribution in [3.8, 4) is 5.75 Å². The maximum atomic E-state index is 5.68. The van der Waals surface area contributed by atoms with Crippen molar-refractivity contribution in [3.05, 3.63) is 35.4 Å². The molecule has 0 aliphatic rings. The molecule has 1 nitrogen and oxygen atoms in total. The summed E-state index contributed by atoms with van der Waals surface area (Å²) in [5.74, 6) is 0.422. The van der Waals surface area contributed by atoms with Gasteiger partial charge in [-0.25, -0.2) is 0 Å². The minimum absolute atomic E-state index is 0.422. The van der Waals surface area contributed by atoms with Crippen LogP contribution in [0.3, 0.4) is 0 Å². The zero-order chi connectivity index (χ0) is 7.56. The molecule has 0 amide bonds. The lowest BCUT2D eigenvalue weighted by molar-refractivity contribution is 0.473. The molecule has 0 bridgehead atoms. The maximum absolute atomic E-state index is 5.68. The molecule has 0 aromatic heterocycles. The van der Waals surface area contributed by atoms with Gasteiger partial charge in [0.2, 0.25) is 0 Å². The van der Waals surface area contributed by atoms with Crippen molar-refractivity contribution in [2.24, 2.45) is 0 Å². The van der Waals surface area contributed by atoms with Crippen molar-refractivity contribution in [1.82, 2.24) is 0 Å². The molecule has 0 saturated carbocycles. The normalized spacial score (nSPS) is 9.50. The summed E-state index contributed by atoms with van der Waals surface area (Å²) in [4.78, 5) is 0. The Morgan fingerprint density at radius 3 is 2.00 bits per heavy atom. The van der Waals surface area contributed by atoms with E-state index in [1.54, 1.807) is 18.2 Å². The molecule has 3 heteroatoms. The predicted octanol–water partition coefficient (Wildman–Crippen LogP) is 3.16. The molecule has 0 spiro atoms. The fourth-order valence-corrected chi connectivity index (χ4v) is 1.13. The first-order valence-corrected chi connectivity index (χ1v) is 3.37. The lowest BCUT2D eigenvalue weighted by Crippen LogP contribution is -1.80. The van der Waals surface area contributed by atoms with Crippen LogP contribution < -0.4 is 4.74 Å². The highest BCUT2D eigenvalue weighted by Gasteiger charge is 2.02. The first-order valence-electron chi connectivity index (χ1n) is 2.61. The number of hydrogen-bond acceptors (Lipinski definition) is 1. The molecule has 1 radical (unpaired) electrons. The van der Waals surface area contributed by atoms with Crippen molar-refractivity contribution in [2.45, 2.75) is 0 Å². The number of halogens is 2. The average molecular weight is 176 g/mol. The minimum atomic E-state index is 0.422. The number of para-hydroxylation sites is 1. The van der Waals surface area contributed by atoms with Crippen molar-refractivity contribution < 1.29 is 4.74 Å². The van der Waals surface area contributed by atoms with E-state index in [0.717, 1.165) is 0 Å². The molecule has 0 N–H and O–H groups in total. The van der Waals surface area contributed by atoms with E-state index in [-0.39, 0.29) is 0 Å². The fraction of sp³-hybridized carbons (Fsp3) is 0. The first kappa shape index (κ1) is 7.70. The van der Waals surface area contributed by atoms with Crippen LogP contribution in [0.2, 0.25) is 10.0 Å². The third-order valence-electron chi connectivity index (χ3n) is 1.06. The van der Waals surface area contributed by atoms with Gasteiger partial charge in [0.05, 0.1) is 10.0 Å². The van der Waals surface area contributed by atoms with Crippen LogP contribution >= 0.6 is 23.2 Å². The van der Waals surface area contributed by atoms with Crippen LogP contribution in [-0.2, 0) is 0 Å². The van der Waals surface area contributed by atoms with Gasteiger partial charge in [0.1, 0.15) is 7.11 Å². The topological polar surface area (TPSA) is 9.23 Å². The maximum Gasteiger partial charge on any atom is 0.156 e. The van der Waals surface area contributed by atoms with Crippen LogP contribution in [0, 0.1) is 7.11 Å². The van der Waals surface area contributed by atoms with Crippen LogP contribution in [0.4, 0.5) is 0 Å². The van der Waals surface area contributed by atoms with E-state index < -0.39 is 0 Å². The van der Waals surface area contributed by atoms with Gasteiger partial charge < -0.3 is 4.74 Å². The van der Waals surface area contributed by atoms with Gasteiger partial charge in [-0.3, -0.25) is 0 Å². The number of benzene rings is 1. The molecule has 0 aliphatic heterocycles. The number of rotatable bonds is 1. The zero-order valence-electron chi connectivity index (χ0n) is 5.10. The van der Waals surface area contributed by atoms with Gasteiger partial charge >= 0.3 is 0 Å². The SMILES string of the molecule is [CH2]Oc1c(Cl)cccc1Cl. The van der Waals surface area contributed by atoms with Crippen LogP contribution in [0.5, 0.6) is 5.75 Å². The Kier molecular flexibility index (Phi) is 2.41. The Morgan fingerprint density at radius 2 is 1.70 bits per heavy atom. The van der Waals surface area contributed by atoms with Gasteiger partial charge in [0.15, 0.2) is 5.75 Å². The van der Waals surface area contributed by atoms with E-state index in [9.17, 15) is 0 Å². The lowest BCUT2D eigenvalue weighted by Gasteiger charge is -2.02. The summed E-state index contributed by atoms with van der Waals surface area (Å²) >= 11 is 11.4. The lowest BCUT2D eigenvalue weighted by atomic mass is 10.3. The second kappa shape index (κ2) is 3.13. The van der Waals surface area contributed by atoms with E-state index in [1.807, 2.05) is 0 Å². The Bertz CT molecular complexity index is 215. The molecule has 0 unspecified atom stereocenters. The fourth-order valence-electron chi connectivity index (χ4n) is 0.620. The average Bonchev–Trinajstić information content (AvgIpc) is 1.88. The smallest absolute Gasteiger partial charge is 0.156 e. The summed E-state index contributed by atoms with van der Waals surface area (Å²) in [7, 11) is 3.21. The van der Waals surface area contributed by atoms with Crippen molar-refractivity contribution >= 4 is 23.2 Å². The van der Waals surface area contributed by atoms with Crippen LogP contribution in [0.25, 0.3) is 0 Å². The monoisotopic (exact) mass is 175 g/mol. The summed E-state index contributed by atoms with van der Waals surface area (Å²) in [5.41, 5.74) is 0. The summed E-state index contributed by atoms with van der Waals surface area (Å²) in [5, 5.41) is 0.949.